The Morgan fingerprint density at radius 2 is 2.05 bits per heavy atom. The van der Waals surface area contributed by atoms with Gasteiger partial charge in [0.15, 0.2) is 5.11 Å². The van der Waals surface area contributed by atoms with Crippen molar-refractivity contribution in [2.75, 3.05) is 0 Å². The molecule has 0 aromatic carbocycles. The highest BCUT2D eigenvalue weighted by Gasteiger charge is 2.21. The van der Waals surface area contributed by atoms with Gasteiger partial charge in [0.2, 0.25) is 0 Å². The molecule has 2 aliphatic rings. The summed E-state index contributed by atoms with van der Waals surface area (Å²) in [7, 11) is 0. The minimum atomic E-state index is -0.0948. The van der Waals surface area contributed by atoms with Crippen LogP contribution in [0.15, 0.2) is 6.07 Å². The summed E-state index contributed by atoms with van der Waals surface area (Å²) < 4.78 is 0. The van der Waals surface area contributed by atoms with Gasteiger partial charge in [-0.05, 0) is 61.9 Å². The lowest BCUT2D eigenvalue weighted by molar-refractivity contribution is 0.0947. The summed E-state index contributed by atoms with van der Waals surface area (Å²) >= 11 is 6.84. The van der Waals surface area contributed by atoms with Gasteiger partial charge in [0, 0.05) is 10.9 Å². The van der Waals surface area contributed by atoms with E-state index in [1.807, 2.05) is 6.07 Å². The third kappa shape index (κ3) is 3.79. The van der Waals surface area contributed by atoms with E-state index in [4.69, 9.17) is 12.2 Å². The molecule has 4 nitrogen and oxygen atoms in total. The molecule has 3 rings (SSSR count). The fraction of sp³-hybridized carbons (Fsp3) is 0.625. The predicted molar refractivity (Wildman–Crippen MR) is 94.1 cm³/mol. The number of thiophene rings is 1. The second-order valence-corrected chi connectivity index (χ2v) is 7.99. The number of thiocarbonyl (C=S) groups is 1. The van der Waals surface area contributed by atoms with Crippen LogP contribution in [0.1, 0.15) is 59.1 Å². The van der Waals surface area contributed by atoms with Gasteiger partial charge in [-0.15, -0.1) is 11.3 Å². The van der Waals surface area contributed by atoms with Crippen molar-refractivity contribution in [3.8, 4) is 0 Å². The van der Waals surface area contributed by atoms with Crippen LogP contribution in [0.5, 0.6) is 0 Å². The van der Waals surface area contributed by atoms with Gasteiger partial charge in [-0.2, -0.15) is 0 Å². The minimum Gasteiger partial charge on any atom is -0.359 e. The summed E-state index contributed by atoms with van der Waals surface area (Å²) in [6.45, 7) is 2.27. The summed E-state index contributed by atoms with van der Waals surface area (Å²) in [6, 6.07) is 2.49. The minimum absolute atomic E-state index is 0.0948. The van der Waals surface area contributed by atoms with Crippen molar-refractivity contribution in [1.29, 1.82) is 0 Å². The Kier molecular flexibility index (Phi) is 4.98. The van der Waals surface area contributed by atoms with E-state index < -0.39 is 0 Å². The number of rotatable bonds is 2. The molecule has 1 heterocycles. The van der Waals surface area contributed by atoms with Gasteiger partial charge in [-0.1, -0.05) is 19.8 Å². The number of hydrogen-bond acceptors (Lipinski definition) is 3. The van der Waals surface area contributed by atoms with Crippen molar-refractivity contribution in [3.05, 3.63) is 21.4 Å². The molecule has 1 fully saturated rings. The molecule has 0 spiro atoms. The van der Waals surface area contributed by atoms with Gasteiger partial charge in [-0.25, -0.2) is 0 Å². The number of hydrazine groups is 1. The zero-order valence-electron chi connectivity index (χ0n) is 12.9. The summed E-state index contributed by atoms with van der Waals surface area (Å²) in [4.78, 5) is 14.4. The van der Waals surface area contributed by atoms with Crippen LogP contribution in [-0.2, 0) is 12.8 Å². The predicted octanol–water partition coefficient (Wildman–Crippen LogP) is 2.92. The van der Waals surface area contributed by atoms with Crippen molar-refractivity contribution in [1.82, 2.24) is 16.2 Å². The Labute approximate surface area is 141 Å². The van der Waals surface area contributed by atoms with Gasteiger partial charge in [0.1, 0.15) is 0 Å². The maximum Gasteiger partial charge on any atom is 0.279 e. The zero-order valence-corrected chi connectivity index (χ0v) is 14.5. The first-order chi connectivity index (χ1) is 10.6. The molecule has 0 bridgehead atoms. The van der Waals surface area contributed by atoms with Crippen LogP contribution in [0.4, 0.5) is 0 Å². The van der Waals surface area contributed by atoms with Gasteiger partial charge < -0.3 is 5.32 Å². The molecular formula is C16H23N3OS2. The highest BCUT2D eigenvalue weighted by atomic mass is 32.1. The van der Waals surface area contributed by atoms with Gasteiger partial charge in [0.05, 0.1) is 4.88 Å². The first-order valence-corrected chi connectivity index (χ1v) is 9.32. The number of nitrogens with one attached hydrogen (secondary N) is 3. The maximum absolute atomic E-state index is 12.2. The van der Waals surface area contributed by atoms with Crippen LogP contribution in [0, 0.1) is 5.92 Å². The quantitative estimate of drug-likeness (QED) is 0.574. The van der Waals surface area contributed by atoms with Gasteiger partial charge in [0.25, 0.3) is 5.91 Å². The van der Waals surface area contributed by atoms with E-state index in [0.717, 1.165) is 36.5 Å². The molecule has 0 saturated heterocycles. The monoisotopic (exact) mass is 337 g/mol. The first-order valence-electron chi connectivity index (χ1n) is 8.10. The summed E-state index contributed by atoms with van der Waals surface area (Å²) in [5.74, 6) is 0.627. The second kappa shape index (κ2) is 6.96. The Balaban J connectivity index is 1.50. The largest absolute Gasteiger partial charge is 0.359 e. The lowest BCUT2D eigenvalue weighted by atomic mass is 9.90. The molecule has 1 amide bonds. The highest BCUT2D eigenvalue weighted by Crippen LogP contribution is 2.32. The molecule has 1 aromatic heterocycles. The van der Waals surface area contributed by atoms with Crippen LogP contribution >= 0.6 is 23.6 Å². The number of carbonyl (C=O) groups is 1. The molecule has 0 radical (unpaired) electrons. The van der Waals surface area contributed by atoms with Crippen molar-refractivity contribution >= 4 is 34.6 Å². The SMILES string of the molecule is C[C@H]1CCc2sc(C(=O)NNC(=S)NC3CCCC3)cc2C1. The number of fused-ring (bicyclic) bond motifs is 1. The molecule has 1 aromatic rings. The van der Waals surface area contributed by atoms with Crippen molar-refractivity contribution in [2.24, 2.45) is 5.92 Å². The average Bonchev–Trinajstić information content (AvgIpc) is 3.13. The number of aryl methyl sites for hydroxylation is 1. The normalized spacial score (nSPS) is 21.2. The standard InChI is InChI=1S/C16H23N3OS2/c1-10-6-7-13-11(8-10)9-14(22-13)15(20)18-19-16(21)17-12-4-2-3-5-12/h9-10,12H,2-8H2,1H3,(H,18,20)(H2,17,19,21)/t10-/m0/s1. The van der Waals surface area contributed by atoms with Crippen molar-refractivity contribution in [2.45, 2.75) is 57.9 Å². The smallest absolute Gasteiger partial charge is 0.279 e. The van der Waals surface area contributed by atoms with Crippen molar-refractivity contribution < 1.29 is 4.79 Å². The Morgan fingerprint density at radius 1 is 1.27 bits per heavy atom. The van der Waals surface area contributed by atoms with E-state index in [2.05, 4.69) is 23.1 Å². The third-order valence-electron chi connectivity index (χ3n) is 4.53. The summed E-state index contributed by atoms with van der Waals surface area (Å²) in [6.07, 6.45) is 8.24. The Morgan fingerprint density at radius 3 is 2.82 bits per heavy atom. The van der Waals surface area contributed by atoms with E-state index in [0.29, 0.717) is 11.2 Å². The molecule has 3 N–H and O–H groups in total. The number of carbonyl (C=O) groups excluding carboxylic acids is 1. The third-order valence-corrected chi connectivity index (χ3v) is 5.99. The molecule has 2 aliphatic carbocycles. The first kappa shape index (κ1) is 15.7. The molecule has 0 aliphatic heterocycles. The topological polar surface area (TPSA) is 53.2 Å². The molecule has 1 saturated carbocycles. The fourth-order valence-electron chi connectivity index (χ4n) is 3.28. The second-order valence-electron chi connectivity index (χ2n) is 6.44. The number of amides is 1. The van der Waals surface area contributed by atoms with Crippen LogP contribution in [0.2, 0.25) is 0 Å². The van der Waals surface area contributed by atoms with E-state index >= 15 is 0 Å². The summed E-state index contributed by atoms with van der Waals surface area (Å²) in [5, 5.41) is 3.76. The lowest BCUT2D eigenvalue weighted by Crippen LogP contribution is -2.49. The Hall–Kier alpha value is -1.14. The van der Waals surface area contributed by atoms with E-state index in [9.17, 15) is 4.79 Å². The van der Waals surface area contributed by atoms with E-state index in [1.165, 1.54) is 29.7 Å². The number of hydrogen-bond donors (Lipinski definition) is 3. The lowest BCUT2D eigenvalue weighted by Gasteiger charge is -2.16. The van der Waals surface area contributed by atoms with E-state index in [1.54, 1.807) is 11.3 Å². The van der Waals surface area contributed by atoms with E-state index in [-0.39, 0.29) is 5.91 Å². The summed E-state index contributed by atoms with van der Waals surface area (Å²) in [5.41, 5.74) is 6.88. The van der Waals surface area contributed by atoms with Crippen LogP contribution in [-0.4, -0.2) is 17.1 Å². The molecule has 6 heteroatoms. The van der Waals surface area contributed by atoms with Crippen LogP contribution in [0.3, 0.4) is 0 Å². The molecule has 0 unspecified atom stereocenters. The fourth-order valence-corrected chi connectivity index (χ4v) is 4.61. The van der Waals surface area contributed by atoms with Gasteiger partial charge in [-0.3, -0.25) is 15.6 Å². The average molecular weight is 338 g/mol. The molecular weight excluding hydrogens is 314 g/mol. The van der Waals surface area contributed by atoms with Crippen LogP contribution in [0.25, 0.3) is 0 Å². The maximum atomic E-state index is 12.2. The molecule has 1 atom stereocenters. The van der Waals surface area contributed by atoms with Gasteiger partial charge >= 0.3 is 0 Å². The van der Waals surface area contributed by atoms with Crippen molar-refractivity contribution in [3.63, 3.8) is 0 Å². The van der Waals surface area contributed by atoms with Crippen LogP contribution < -0.4 is 16.2 Å². The highest BCUT2D eigenvalue weighted by molar-refractivity contribution is 7.80. The molecule has 120 valence electrons. The molecule has 22 heavy (non-hydrogen) atoms. The Bertz CT molecular complexity index is 564. The zero-order chi connectivity index (χ0) is 15.5.